The summed E-state index contributed by atoms with van der Waals surface area (Å²) in [5.74, 6) is 0. The maximum Gasteiger partial charge on any atom is 0.151 e. The molecule has 0 aliphatic heterocycles. The van der Waals surface area contributed by atoms with Gasteiger partial charge in [-0.1, -0.05) is 0 Å². The third-order valence-electron chi connectivity index (χ3n) is 1.16. The van der Waals surface area contributed by atoms with Gasteiger partial charge in [0.2, 0.25) is 0 Å². The average molecular weight is 178 g/mol. The second kappa shape index (κ2) is 8.93. The minimum Gasteiger partial charge on any atom is -0.379 e. The van der Waals surface area contributed by atoms with Crippen molar-refractivity contribution in [1.29, 1.82) is 0 Å². The van der Waals surface area contributed by atoms with Gasteiger partial charge in [0, 0.05) is 6.61 Å². The summed E-state index contributed by atoms with van der Waals surface area (Å²) in [5, 5.41) is 8.69. The molecular formula is C8H18O4. The van der Waals surface area contributed by atoms with E-state index in [1.807, 2.05) is 6.92 Å². The third kappa shape index (κ3) is 9.84. The zero-order valence-corrected chi connectivity index (χ0v) is 7.78. The first-order valence-electron chi connectivity index (χ1n) is 4.22. The highest BCUT2D eigenvalue weighted by atomic mass is 16.6. The summed E-state index contributed by atoms with van der Waals surface area (Å²) in [7, 11) is 0. The summed E-state index contributed by atoms with van der Waals surface area (Å²) < 4.78 is 15.0. The van der Waals surface area contributed by atoms with Crippen LogP contribution in [0.15, 0.2) is 0 Å². The highest BCUT2D eigenvalue weighted by molar-refractivity contribution is 4.32. The first-order chi connectivity index (χ1) is 5.77. The van der Waals surface area contributed by atoms with Gasteiger partial charge in [0.05, 0.1) is 26.4 Å². The van der Waals surface area contributed by atoms with Crippen molar-refractivity contribution in [3.8, 4) is 0 Å². The van der Waals surface area contributed by atoms with E-state index in [2.05, 4.69) is 0 Å². The topological polar surface area (TPSA) is 47.9 Å². The van der Waals surface area contributed by atoms with Crippen LogP contribution in [-0.2, 0) is 14.2 Å². The fourth-order valence-electron chi connectivity index (χ4n) is 0.642. The highest BCUT2D eigenvalue weighted by Crippen LogP contribution is 1.84. The van der Waals surface area contributed by atoms with Crippen molar-refractivity contribution >= 4 is 0 Å². The number of hydrogen-bond acceptors (Lipinski definition) is 4. The summed E-state index contributed by atoms with van der Waals surface area (Å²) in [6, 6.07) is 0. The van der Waals surface area contributed by atoms with Crippen LogP contribution < -0.4 is 0 Å². The molecule has 0 heterocycles. The van der Waals surface area contributed by atoms with Crippen molar-refractivity contribution < 1.29 is 19.3 Å². The molecule has 0 amide bonds. The Kier molecular flexibility index (Phi) is 8.81. The summed E-state index contributed by atoms with van der Waals surface area (Å²) in [4.78, 5) is 0. The average Bonchev–Trinajstić information content (AvgIpc) is 2.02. The molecule has 0 radical (unpaired) electrons. The summed E-state index contributed by atoms with van der Waals surface area (Å²) >= 11 is 0. The molecule has 0 aliphatic carbocycles. The van der Waals surface area contributed by atoms with Crippen LogP contribution in [0.3, 0.4) is 0 Å². The Labute approximate surface area is 73.4 Å². The van der Waals surface area contributed by atoms with Gasteiger partial charge in [0.15, 0.2) is 6.29 Å². The maximum absolute atomic E-state index is 8.69. The van der Waals surface area contributed by atoms with Crippen molar-refractivity contribution in [2.45, 2.75) is 20.1 Å². The molecule has 74 valence electrons. The van der Waals surface area contributed by atoms with Gasteiger partial charge in [-0.25, -0.2) is 0 Å². The Morgan fingerprint density at radius 2 is 1.67 bits per heavy atom. The first kappa shape index (κ1) is 11.8. The zero-order valence-electron chi connectivity index (χ0n) is 7.78. The Morgan fingerprint density at radius 1 is 1.08 bits per heavy atom. The molecular weight excluding hydrogens is 160 g/mol. The summed E-state index contributed by atoms with van der Waals surface area (Å²) in [6.45, 7) is 6.34. The van der Waals surface area contributed by atoms with Gasteiger partial charge in [-0.3, -0.25) is 0 Å². The van der Waals surface area contributed by atoms with Gasteiger partial charge < -0.3 is 19.3 Å². The molecule has 0 aromatic heterocycles. The third-order valence-corrected chi connectivity index (χ3v) is 1.16. The van der Waals surface area contributed by atoms with Gasteiger partial charge in [0.1, 0.15) is 0 Å². The largest absolute Gasteiger partial charge is 0.379 e. The standard InChI is InChI=1S/C8H18O4/c1-3-10-4-5-11-6-7-12-8(2)9/h8-9H,3-7H2,1-2H3. The molecule has 0 aromatic rings. The number of ether oxygens (including phenoxy) is 3. The molecule has 0 fully saturated rings. The minimum absolute atomic E-state index is 0.420. The molecule has 0 aliphatic rings. The van der Waals surface area contributed by atoms with Crippen LogP contribution >= 0.6 is 0 Å². The Morgan fingerprint density at radius 3 is 2.25 bits per heavy atom. The van der Waals surface area contributed by atoms with Crippen molar-refractivity contribution in [2.24, 2.45) is 0 Å². The Bertz CT molecular complexity index is 85.1. The summed E-state index contributed by atoms with van der Waals surface area (Å²) in [6.07, 6.45) is -0.708. The van der Waals surface area contributed by atoms with Crippen LogP contribution in [-0.4, -0.2) is 44.4 Å². The molecule has 0 aromatic carbocycles. The van der Waals surface area contributed by atoms with E-state index in [4.69, 9.17) is 19.3 Å². The monoisotopic (exact) mass is 178 g/mol. The van der Waals surface area contributed by atoms with Crippen molar-refractivity contribution in [2.75, 3.05) is 33.0 Å². The lowest BCUT2D eigenvalue weighted by molar-refractivity contribution is -0.101. The van der Waals surface area contributed by atoms with E-state index >= 15 is 0 Å². The predicted molar refractivity (Wildman–Crippen MR) is 44.9 cm³/mol. The lowest BCUT2D eigenvalue weighted by atomic mass is 10.7. The van der Waals surface area contributed by atoms with Crippen LogP contribution in [0, 0.1) is 0 Å². The molecule has 0 spiro atoms. The first-order valence-corrected chi connectivity index (χ1v) is 4.22. The predicted octanol–water partition coefficient (Wildman–Crippen LogP) is 0.394. The fraction of sp³-hybridized carbons (Fsp3) is 1.00. The molecule has 0 saturated heterocycles. The zero-order chi connectivity index (χ0) is 9.23. The van der Waals surface area contributed by atoms with Gasteiger partial charge in [-0.15, -0.1) is 0 Å². The smallest absolute Gasteiger partial charge is 0.151 e. The molecule has 4 heteroatoms. The number of rotatable bonds is 8. The number of hydrogen-bond donors (Lipinski definition) is 1. The quantitative estimate of drug-likeness (QED) is 0.431. The van der Waals surface area contributed by atoms with E-state index in [-0.39, 0.29) is 0 Å². The van der Waals surface area contributed by atoms with E-state index in [0.717, 1.165) is 0 Å². The normalized spacial score (nSPS) is 13.2. The van der Waals surface area contributed by atoms with Gasteiger partial charge in [0.25, 0.3) is 0 Å². The molecule has 1 unspecified atom stereocenters. The second-order valence-corrected chi connectivity index (χ2v) is 2.28. The molecule has 12 heavy (non-hydrogen) atoms. The van der Waals surface area contributed by atoms with Crippen molar-refractivity contribution in [3.63, 3.8) is 0 Å². The van der Waals surface area contributed by atoms with Crippen molar-refractivity contribution in [3.05, 3.63) is 0 Å². The van der Waals surface area contributed by atoms with Gasteiger partial charge >= 0.3 is 0 Å². The van der Waals surface area contributed by atoms with E-state index in [1.54, 1.807) is 6.92 Å². The molecule has 0 rings (SSSR count). The minimum atomic E-state index is -0.708. The second-order valence-electron chi connectivity index (χ2n) is 2.28. The van der Waals surface area contributed by atoms with E-state index in [9.17, 15) is 0 Å². The van der Waals surface area contributed by atoms with Gasteiger partial charge in [-0.05, 0) is 13.8 Å². The number of aliphatic hydroxyl groups excluding tert-OH is 1. The summed E-state index contributed by atoms with van der Waals surface area (Å²) in [5.41, 5.74) is 0. The molecule has 0 saturated carbocycles. The van der Waals surface area contributed by atoms with Crippen LogP contribution in [0.4, 0.5) is 0 Å². The lowest BCUT2D eigenvalue weighted by Gasteiger charge is -2.07. The van der Waals surface area contributed by atoms with Crippen LogP contribution in [0.5, 0.6) is 0 Å². The molecule has 4 nitrogen and oxygen atoms in total. The Hall–Kier alpha value is -0.160. The molecule has 1 N–H and O–H groups in total. The highest BCUT2D eigenvalue weighted by Gasteiger charge is 1.93. The lowest BCUT2D eigenvalue weighted by Crippen LogP contribution is -2.13. The van der Waals surface area contributed by atoms with E-state index in [0.29, 0.717) is 33.0 Å². The van der Waals surface area contributed by atoms with Crippen molar-refractivity contribution in [1.82, 2.24) is 0 Å². The van der Waals surface area contributed by atoms with Crippen LogP contribution in [0.25, 0.3) is 0 Å². The van der Waals surface area contributed by atoms with Gasteiger partial charge in [-0.2, -0.15) is 0 Å². The van der Waals surface area contributed by atoms with Crippen LogP contribution in [0.2, 0.25) is 0 Å². The SMILES string of the molecule is CCOCCOCCOC(C)O. The van der Waals surface area contributed by atoms with E-state index in [1.165, 1.54) is 0 Å². The Balaban J connectivity index is 2.82. The maximum atomic E-state index is 8.69. The van der Waals surface area contributed by atoms with E-state index < -0.39 is 6.29 Å². The number of aliphatic hydroxyl groups is 1. The fourth-order valence-corrected chi connectivity index (χ4v) is 0.642. The molecule has 0 bridgehead atoms. The molecule has 1 atom stereocenters. The van der Waals surface area contributed by atoms with Crippen LogP contribution in [0.1, 0.15) is 13.8 Å².